The van der Waals surface area contributed by atoms with Crippen LogP contribution in [-0.2, 0) is 0 Å². The predicted molar refractivity (Wildman–Crippen MR) is 129 cm³/mol. The third-order valence-corrected chi connectivity index (χ3v) is 5.56. The third-order valence-electron chi connectivity index (χ3n) is 5.56. The Balaban J connectivity index is 1.56. The number of nitrogens with two attached hydrogens (primary N) is 1. The van der Waals surface area contributed by atoms with E-state index < -0.39 is 5.91 Å². The van der Waals surface area contributed by atoms with Crippen molar-refractivity contribution in [3.05, 3.63) is 94.8 Å². The molecule has 0 saturated carbocycles. The summed E-state index contributed by atoms with van der Waals surface area (Å²) in [5, 5.41) is 6.10. The molecule has 4 aromatic rings. The molecule has 166 valence electrons. The number of nitrogens with one attached hydrogen (secondary N) is 1. The molecule has 1 aromatic heterocycles. The van der Waals surface area contributed by atoms with Crippen LogP contribution >= 0.6 is 0 Å². The molecule has 0 aliphatic carbocycles. The Morgan fingerprint density at radius 3 is 2.30 bits per heavy atom. The van der Waals surface area contributed by atoms with E-state index >= 15 is 0 Å². The predicted octanol–water partition coefficient (Wildman–Crippen LogP) is 4.12. The van der Waals surface area contributed by atoms with Crippen LogP contribution in [0.15, 0.2) is 71.8 Å². The summed E-state index contributed by atoms with van der Waals surface area (Å²) < 4.78 is 7.45. The highest BCUT2D eigenvalue weighted by molar-refractivity contribution is 6.02. The number of primary amides is 1. The second kappa shape index (κ2) is 9.00. The Labute approximate surface area is 191 Å². The van der Waals surface area contributed by atoms with Gasteiger partial charge >= 0.3 is 0 Å². The molecule has 0 aliphatic heterocycles. The number of nitrogens with zero attached hydrogens (tertiary/aromatic N) is 2. The van der Waals surface area contributed by atoms with E-state index in [1.54, 1.807) is 24.4 Å². The summed E-state index contributed by atoms with van der Waals surface area (Å²) >= 11 is 0. The molecule has 0 atom stereocenters. The number of rotatable bonds is 6. The SMILES string of the molecule is COc1cc2ccccc2cc1C(=O)NN=Cc1cc(C)n(-c2ccc(C(N)=O)cc2)c1C. The standard InChI is InChI=1S/C26H24N4O3/c1-16-12-21(17(2)30(16)22-10-8-18(9-11-22)25(27)31)15-28-29-26(32)23-13-19-6-4-5-7-20(19)14-24(23)33-3/h4-15H,1-3H3,(H2,27,31)(H,29,32). The van der Waals surface area contributed by atoms with Crippen molar-refractivity contribution in [2.45, 2.75) is 13.8 Å². The third kappa shape index (κ3) is 4.34. The molecule has 1 heterocycles. The van der Waals surface area contributed by atoms with Crippen LogP contribution in [0.1, 0.15) is 37.7 Å². The Kier molecular flexibility index (Phi) is 5.95. The Morgan fingerprint density at radius 2 is 1.67 bits per heavy atom. The smallest absolute Gasteiger partial charge is 0.275 e. The summed E-state index contributed by atoms with van der Waals surface area (Å²) in [7, 11) is 1.54. The van der Waals surface area contributed by atoms with Crippen molar-refractivity contribution in [1.82, 2.24) is 9.99 Å². The van der Waals surface area contributed by atoms with Crippen LogP contribution in [0.3, 0.4) is 0 Å². The maximum Gasteiger partial charge on any atom is 0.275 e. The van der Waals surface area contributed by atoms with Crippen LogP contribution < -0.4 is 15.9 Å². The van der Waals surface area contributed by atoms with Gasteiger partial charge in [-0.15, -0.1) is 0 Å². The number of aryl methyl sites for hydroxylation is 1. The zero-order valence-corrected chi connectivity index (χ0v) is 18.6. The lowest BCUT2D eigenvalue weighted by molar-refractivity contribution is 0.0951. The van der Waals surface area contributed by atoms with E-state index in [0.29, 0.717) is 16.9 Å². The minimum Gasteiger partial charge on any atom is -0.496 e. The van der Waals surface area contributed by atoms with E-state index in [2.05, 4.69) is 10.5 Å². The first kappa shape index (κ1) is 21.8. The molecule has 0 saturated heterocycles. The number of benzene rings is 3. The molecule has 3 N–H and O–H groups in total. The fourth-order valence-corrected chi connectivity index (χ4v) is 3.88. The maximum absolute atomic E-state index is 12.8. The lowest BCUT2D eigenvalue weighted by atomic mass is 10.1. The molecule has 0 radical (unpaired) electrons. The quantitative estimate of drug-likeness (QED) is 0.348. The number of carbonyl (C=O) groups excluding carboxylic acids is 2. The molecule has 33 heavy (non-hydrogen) atoms. The van der Waals surface area contributed by atoms with Gasteiger partial charge in [-0.1, -0.05) is 24.3 Å². The van der Waals surface area contributed by atoms with E-state index in [-0.39, 0.29) is 5.91 Å². The van der Waals surface area contributed by atoms with Crippen LogP contribution in [0.5, 0.6) is 5.75 Å². The van der Waals surface area contributed by atoms with Crippen LogP contribution in [0.2, 0.25) is 0 Å². The van der Waals surface area contributed by atoms with Gasteiger partial charge in [0, 0.05) is 28.2 Å². The van der Waals surface area contributed by atoms with Crippen molar-refractivity contribution < 1.29 is 14.3 Å². The number of hydrogen-bond acceptors (Lipinski definition) is 4. The van der Waals surface area contributed by atoms with Gasteiger partial charge in [-0.25, -0.2) is 5.43 Å². The number of aromatic nitrogens is 1. The molecule has 0 unspecified atom stereocenters. The molecule has 4 rings (SSSR count). The van der Waals surface area contributed by atoms with E-state index in [9.17, 15) is 9.59 Å². The summed E-state index contributed by atoms with van der Waals surface area (Å²) in [5.41, 5.74) is 12.5. The number of amides is 2. The molecule has 7 nitrogen and oxygen atoms in total. The van der Waals surface area contributed by atoms with E-state index in [1.807, 2.05) is 66.9 Å². The lowest BCUT2D eigenvalue weighted by Gasteiger charge is -2.10. The van der Waals surface area contributed by atoms with Gasteiger partial charge in [0.1, 0.15) is 5.75 Å². The normalized spacial score (nSPS) is 11.1. The van der Waals surface area contributed by atoms with Crippen LogP contribution in [-0.4, -0.2) is 29.7 Å². The highest BCUT2D eigenvalue weighted by atomic mass is 16.5. The molecule has 0 aliphatic rings. The summed E-state index contributed by atoms with van der Waals surface area (Å²) in [6.45, 7) is 3.94. The van der Waals surface area contributed by atoms with Crippen LogP contribution in [0.25, 0.3) is 16.5 Å². The van der Waals surface area contributed by atoms with Gasteiger partial charge in [0.2, 0.25) is 5.91 Å². The average molecular weight is 441 g/mol. The molecule has 7 heteroatoms. The Bertz CT molecular complexity index is 1380. The van der Waals surface area contributed by atoms with Gasteiger partial charge in [-0.3, -0.25) is 9.59 Å². The topological polar surface area (TPSA) is 98.7 Å². The zero-order chi connectivity index (χ0) is 23.5. The van der Waals surface area contributed by atoms with Gasteiger partial charge in [0.15, 0.2) is 0 Å². The first-order valence-electron chi connectivity index (χ1n) is 10.4. The molecule has 0 fully saturated rings. The summed E-state index contributed by atoms with van der Waals surface area (Å²) in [6.07, 6.45) is 1.61. The number of methoxy groups -OCH3 is 1. The van der Waals surface area contributed by atoms with Crippen molar-refractivity contribution in [2.75, 3.05) is 7.11 Å². The number of hydrazone groups is 1. The molecular formula is C26H24N4O3. The largest absolute Gasteiger partial charge is 0.496 e. The fraction of sp³-hybridized carbons (Fsp3) is 0.115. The first-order valence-corrected chi connectivity index (χ1v) is 10.4. The van der Waals surface area contributed by atoms with Crippen molar-refractivity contribution in [2.24, 2.45) is 10.8 Å². The number of fused-ring (bicyclic) bond motifs is 1. The van der Waals surface area contributed by atoms with E-state index in [1.165, 1.54) is 7.11 Å². The van der Waals surface area contributed by atoms with E-state index in [4.69, 9.17) is 10.5 Å². The Morgan fingerprint density at radius 1 is 1.00 bits per heavy atom. The van der Waals surface area contributed by atoms with E-state index in [0.717, 1.165) is 33.4 Å². The highest BCUT2D eigenvalue weighted by Crippen LogP contribution is 2.26. The van der Waals surface area contributed by atoms with Crippen LogP contribution in [0.4, 0.5) is 0 Å². The number of ether oxygens (including phenoxy) is 1. The molecule has 0 bridgehead atoms. The maximum atomic E-state index is 12.8. The van der Waals surface area contributed by atoms with Gasteiger partial charge in [0.25, 0.3) is 5.91 Å². The zero-order valence-electron chi connectivity index (χ0n) is 18.6. The second-order valence-corrected chi connectivity index (χ2v) is 7.67. The van der Waals surface area contributed by atoms with Crippen molar-refractivity contribution in [1.29, 1.82) is 0 Å². The van der Waals surface area contributed by atoms with Gasteiger partial charge < -0.3 is 15.0 Å². The molecule has 0 spiro atoms. The number of hydrogen-bond donors (Lipinski definition) is 2. The number of carbonyl (C=O) groups is 2. The highest BCUT2D eigenvalue weighted by Gasteiger charge is 2.14. The molecular weight excluding hydrogens is 416 g/mol. The van der Waals surface area contributed by atoms with Gasteiger partial charge in [-0.2, -0.15) is 5.10 Å². The van der Waals surface area contributed by atoms with Gasteiger partial charge in [-0.05, 0) is 67.1 Å². The minimum absolute atomic E-state index is 0.357. The minimum atomic E-state index is -0.464. The summed E-state index contributed by atoms with van der Waals surface area (Å²) in [4.78, 5) is 24.1. The monoisotopic (exact) mass is 440 g/mol. The lowest BCUT2D eigenvalue weighted by Crippen LogP contribution is -2.18. The Hall–Kier alpha value is -4.39. The molecule has 2 amide bonds. The first-order chi connectivity index (χ1) is 15.9. The van der Waals surface area contributed by atoms with Crippen molar-refractivity contribution >= 4 is 28.8 Å². The summed E-state index contributed by atoms with van der Waals surface area (Å²) in [6, 6.07) is 20.5. The average Bonchev–Trinajstić information content (AvgIpc) is 3.10. The fourth-order valence-electron chi connectivity index (χ4n) is 3.88. The van der Waals surface area contributed by atoms with Crippen molar-refractivity contribution in [3.8, 4) is 11.4 Å². The van der Waals surface area contributed by atoms with Crippen LogP contribution in [0, 0.1) is 13.8 Å². The van der Waals surface area contributed by atoms with Gasteiger partial charge in [0.05, 0.1) is 18.9 Å². The summed E-state index contributed by atoms with van der Waals surface area (Å²) in [5.74, 6) is -0.335. The molecule has 3 aromatic carbocycles. The second-order valence-electron chi connectivity index (χ2n) is 7.67. The van der Waals surface area contributed by atoms with Crippen molar-refractivity contribution in [3.63, 3.8) is 0 Å².